The average Bonchev–Trinajstić information content (AvgIpc) is 2.74. The van der Waals surface area contributed by atoms with Crippen LogP contribution in [0.2, 0.25) is 0 Å². The quantitative estimate of drug-likeness (QED) is 0.331. The molecule has 0 aliphatic rings. The minimum atomic E-state index is -3.31. The predicted octanol–water partition coefficient (Wildman–Crippen LogP) is 4.03. The Kier molecular flexibility index (Phi) is 9.88. The molecule has 0 saturated carbocycles. The molecule has 2 aromatic rings. The SMILES string of the molecule is C[C@H](NC(=S)NC[C@@H](COC(=O)C(C)(C)C)Cc1ccccc1)c1ccc(NS(C)(=O)=O)cc1. The summed E-state index contributed by atoms with van der Waals surface area (Å²) in [5.41, 5.74) is 2.08. The van der Waals surface area contributed by atoms with Crippen molar-refractivity contribution in [2.24, 2.45) is 11.3 Å². The third-order valence-electron chi connectivity index (χ3n) is 5.04. The second-order valence-corrected chi connectivity index (χ2v) is 11.6. The highest BCUT2D eigenvalue weighted by molar-refractivity contribution is 7.92. The van der Waals surface area contributed by atoms with E-state index in [0.29, 0.717) is 24.0 Å². The summed E-state index contributed by atoms with van der Waals surface area (Å²) in [4.78, 5) is 12.2. The van der Waals surface area contributed by atoms with Gasteiger partial charge in [-0.25, -0.2) is 8.42 Å². The van der Waals surface area contributed by atoms with Crippen LogP contribution in [0.5, 0.6) is 0 Å². The first kappa shape index (κ1) is 27.6. The third kappa shape index (κ3) is 10.1. The van der Waals surface area contributed by atoms with Crippen molar-refractivity contribution in [3.63, 3.8) is 0 Å². The molecule has 0 saturated heterocycles. The Labute approximate surface area is 208 Å². The summed E-state index contributed by atoms with van der Waals surface area (Å²) >= 11 is 5.48. The number of thiocarbonyl (C=S) groups is 1. The van der Waals surface area contributed by atoms with E-state index in [1.807, 2.05) is 58.0 Å². The second-order valence-electron chi connectivity index (χ2n) is 9.48. The zero-order chi connectivity index (χ0) is 25.4. The molecule has 0 aliphatic heterocycles. The topological polar surface area (TPSA) is 96.5 Å². The molecule has 9 heteroatoms. The van der Waals surface area contributed by atoms with Crippen molar-refractivity contribution in [1.29, 1.82) is 0 Å². The van der Waals surface area contributed by atoms with Gasteiger partial charge in [-0.2, -0.15) is 0 Å². The van der Waals surface area contributed by atoms with E-state index in [9.17, 15) is 13.2 Å². The molecule has 0 fully saturated rings. The molecule has 3 N–H and O–H groups in total. The number of anilines is 1. The fourth-order valence-corrected chi connectivity index (χ4v) is 3.99. The van der Waals surface area contributed by atoms with E-state index in [1.165, 1.54) is 0 Å². The molecule has 0 bridgehead atoms. The van der Waals surface area contributed by atoms with Gasteiger partial charge in [0.15, 0.2) is 5.11 Å². The summed E-state index contributed by atoms with van der Waals surface area (Å²) in [6.45, 7) is 8.32. The van der Waals surface area contributed by atoms with E-state index >= 15 is 0 Å². The summed E-state index contributed by atoms with van der Waals surface area (Å²) in [7, 11) is -3.31. The van der Waals surface area contributed by atoms with Crippen molar-refractivity contribution in [3.8, 4) is 0 Å². The standard InChI is InChI=1S/C25H35N3O4S2/c1-18(21-11-13-22(14-12-21)28-34(5,30)31)27-24(33)26-16-20(15-19-9-7-6-8-10-19)17-32-23(29)25(2,3)4/h6-14,18,20,28H,15-17H2,1-5H3,(H2,26,27,33)/t18-,20-/m0/s1. The first-order chi connectivity index (χ1) is 15.8. The van der Waals surface area contributed by atoms with Crippen LogP contribution in [0.4, 0.5) is 5.69 Å². The Morgan fingerprint density at radius 1 is 1.06 bits per heavy atom. The highest BCUT2D eigenvalue weighted by atomic mass is 32.2. The van der Waals surface area contributed by atoms with Gasteiger partial charge >= 0.3 is 5.97 Å². The molecule has 0 aliphatic carbocycles. The number of rotatable bonds is 10. The molecule has 0 aromatic heterocycles. The van der Waals surface area contributed by atoms with Gasteiger partial charge in [0.05, 0.1) is 24.3 Å². The number of carbonyl (C=O) groups excluding carboxylic acids is 1. The highest BCUT2D eigenvalue weighted by Crippen LogP contribution is 2.18. The summed E-state index contributed by atoms with van der Waals surface area (Å²) < 4.78 is 30.8. The molecule has 0 amide bonds. The summed E-state index contributed by atoms with van der Waals surface area (Å²) in [5, 5.41) is 6.98. The molecule has 186 valence electrons. The molecule has 34 heavy (non-hydrogen) atoms. The highest BCUT2D eigenvalue weighted by Gasteiger charge is 2.24. The zero-order valence-corrected chi connectivity index (χ0v) is 22.1. The molecule has 2 aromatic carbocycles. The Morgan fingerprint density at radius 2 is 1.68 bits per heavy atom. The lowest BCUT2D eigenvalue weighted by Crippen LogP contribution is -2.40. The van der Waals surface area contributed by atoms with Crippen LogP contribution in [0.1, 0.15) is 44.9 Å². The van der Waals surface area contributed by atoms with E-state index in [4.69, 9.17) is 17.0 Å². The first-order valence-electron chi connectivity index (χ1n) is 11.2. The van der Waals surface area contributed by atoms with Crippen LogP contribution in [-0.4, -0.2) is 38.9 Å². The number of ether oxygens (including phenoxy) is 1. The van der Waals surface area contributed by atoms with E-state index in [-0.39, 0.29) is 17.9 Å². The minimum Gasteiger partial charge on any atom is -0.465 e. The van der Waals surface area contributed by atoms with Crippen LogP contribution < -0.4 is 15.4 Å². The van der Waals surface area contributed by atoms with Gasteiger partial charge in [0.25, 0.3) is 0 Å². The van der Waals surface area contributed by atoms with Crippen molar-refractivity contribution in [2.45, 2.75) is 40.2 Å². The number of sulfonamides is 1. The van der Waals surface area contributed by atoms with Crippen molar-refractivity contribution in [2.75, 3.05) is 24.1 Å². The van der Waals surface area contributed by atoms with Gasteiger partial charge in [0, 0.05) is 18.2 Å². The van der Waals surface area contributed by atoms with Gasteiger partial charge in [-0.1, -0.05) is 42.5 Å². The smallest absolute Gasteiger partial charge is 0.311 e. The Morgan fingerprint density at radius 3 is 2.24 bits per heavy atom. The van der Waals surface area contributed by atoms with Gasteiger partial charge in [0.1, 0.15) is 0 Å². The lowest BCUT2D eigenvalue weighted by atomic mass is 9.97. The molecule has 0 radical (unpaired) electrons. The molecule has 2 rings (SSSR count). The molecule has 0 unspecified atom stereocenters. The van der Waals surface area contributed by atoms with Crippen molar-refractivity contribution in [3.05, 3.63) is 65.7 Å². The number of hydrogen-bond donors (Lipinski definition) is 3. The van der Waals surface area contributed by atoms with Gasteiger partial charge in [-0.3, -0.25) is 9.52 Å². The fraction of sp³-hybridized carbons (Fsp3) is 0.440. The molecular weight excluding hydrogens is 470 g/mol. The van der Waals surface area contributed by atoms with E-state index < -0.39 is 15.4 Å². The largest absolute Gasteiger partial charge is 0.465 e. The van der Waals surface area contributed by atoms with Gasteiger partial charge < -0.3 is 15.4 Å². The van der Waals surface area contributed by atoms with E-state index in [2.05, 4.69) is 27.5 Å². The van der Waals surface area contributed by atoms with Crippen LogP contribution in [-0.2, 0) is 26.0 Å². The maximum absolute atomic E-state index is 12.2. The van der Waals surface area contributed by atoms with E-state index in [0.717, 1.165) is 23.8 Å². The normalized spacial score (nSPS) is 13.4. The monoisotopic (exact) mass is 505 g/mol. The molecule has 7 nitrogen and oxygen atoms in total. The number of hydrogen-bond acceptors (Lipinski definition) is 5. The average molecular weight is 506 g/mol. The fourth-order valence-electron chi connectivity index (χ4n) is 3.17. The second kappa shape index (κ2) is 12.2. The zero-order valence-electron chi connectivity index (χ0n) is 20.4. The van der Waals surface area contributed by atoms with Crippen molar-refractivity contribution < 1.29 is 17.9 Å². The Hall–Kier alpha value is -2.65. The van der Waals surface area contributed by atoms with Crippen molar-refractivity contribution >= 4 is 39.0 Å². The maximum atomic E-state index is 12.2. The molecule has 0 spiro atoms. The van der Waals surface area contributed by atoms with Gasteiger partial charge in [0.2, 0.25) is 10.0 Å². The van der Waals surface area contributed by atoms with Crippen molar-refractivity contribution in [1.82, 2.24) is 10.6 Å². The van der Waals surface area contributed by atoms with E-state index in [1.54, 1.807) is 12.1 Å². The van der Waals surface area contributed by atoms with Crippen LogP contribution in [0.25, 0.3) is 0 Å². The molecular formula is C25H35N3O4S2. The third-order valence-corrected chi connectivity index (χ3v) is 5.91. The first-order valence-corrected chi connectivity index (χ1v) is 13.5. The maximum Gasteiger partial charge on any atom is 0.311 e. The summed E-state index contributed by atoms with van der Waals surface area (Å²) in [6.07, 6.45) is 1.86. The van der Waals surface area contributed by atoms with Gasteiger partial charge in [-0.15, -0.1) is 0 Å². The lowest BCUT2D eigenvalue weighted by molar-refractivity contribution is -0.154. The number of carbonyl (C=O) groups is 1. The minimum absolute atomic E-state index is 0.0464. The molecule has 0 heterocycles. The van der Waals surface area contributed by atoms with Crippen LogP contribution in [0, 0.1) is 11.3 Å². The predicted molar refractivity (Wildman–Crippen MR) is 141 cm³/mol. The molecule has 2 atom stereocenters. The van der Waals surface area contributed by atoms with Crippen LogP contribution in [0.15, 0.2) is 54.6 Å². The summed E-state index contributed by atoms with van der Waals surface area (Å²) in [6, 6.07) is 17.1. The van der Waals surface area contributed by atoms with Gasteiger partial charge in [-0.05, 0) is 69.6 Å². The van der Waals surface area contributed by atoms with Crippen LogP contribution in [0.3, 0.4) is 0 Å². The number of nitrogens with one attached hydrogen (secondary N) is 3. The number of esters is 1. The summed E-state index contributed by atoms with van der Waals surface area (Å²) in [5.74, 6) is -0.182. The Bertz CT molecular complexity index is 1050. The Balaban J connectivity index is 1.93. The number of benzene rings is 2. The lowest BCUT2D eigenvalue weighted by Gasteiger charge is -2.23. The van der Waals surface area contributed by atoms with Crippen LogP contribution >= 0.6 is 12.2 Å².